The molecule has 1 aromatic rings. The van der Waals surface area contributed by atoms with Crippen molar-refractivity contribution in [2.24, 2.45) is 0 Å². The first-order valence-corrected chi connectivity index (χ1v) is 5.10. The van der Waals surface area contributed by atoms with Gasteiger partial charge in [-0.1, -0.05) is 6.92 Å². The van der Waals surface area contributed by atoms with Crippen molar-refractivity contribution >= 4 is 17.1 Å². The lowest BCUT2D eigenvalue weighted by Crippen LogP contribution is -1.95. The van der Waals surface area contributed by atoms with Gasteiger partial charge in [-0.25, -0.2) is 0 Å². The zero-order valence-electron chi connectivity index (χ0n) is 7.25. The topological polar surface area (TPSA) is 30.0 Å². The summed E-state index contributed by atoms with van der Waals surface area (Å²) in [4.78, 5) is 16.2. The number of aryl methyl sites for hydroxylation is 1. The Morgan fingerprint density at radius 3 is 3.08 bits per heavy atom. The second kappa shape index (κ2) is 5.04. The molecule has 0 saturated carbocycles. The van der Waals surface area contributed by atoms with Crippen molar-refractivity contribution in [1.82, 2.24) is 4.98 Å². The third-order valence-corrected chi connectivity index (χ3v) is 2.60. The maximum Gasteiger partial charge on any atom is 0.132 e. The fourth-order valence-electron chi connectivity index (χ4n) is 1.00. The Balaban J connectivity index is 2.15. The van der Waals surface area contributed by atoms with Gasteiger partial charge in [0, 0.05) is 23.9 Å². The van der Waals surface area contributed by atoms with Crippen LogP contribution in [0.15, 0.2) is 11.7 Å². The molecule has 0 aliphatic heterocycles. The highest BCUT2D eigenvalue weighted by Gasteiger charge is 1.99. The molecule has 2 nitrogen and oxygen atoms in total. The van der Waals surface area contributed by atoms with E-state index in [1.54, 1.807) is 11.3 Å². The highest BCUT2D eigenvalue weighted by atomic mass is 32.1. The van der Waals surface area contributed by atoms with Gasteiger partial charge in [0.15, 0.2) is 0 Å². The Hall–Kier alpha value is -0.700. The summed E-state index contributed by atoms with van der Waals surface area (Å²) in [5.74, 6) is 0.361. The highest BCUT2D eigenvalue weighted by Crippen LogP contribution is 2.09. The normalized spacial score (nSPS) is 10.1. The summed E-state index contributed by atoms with van der Waals surface area (Å²) in [6.07, 6.45) is 5.23. The van der Waals surface area contributed by atoms with Crippen molar-refractivity contribution in [1.29, 1.82) is 0 Å². The van der Waals surface area contributed by atoms with Gasteiger partial charge in [-0.3, -0.25) is 9.78 Å². The zero-order valence-corrected chi connectivity index (χ0v) is 8.06. The third kappa shape index (κ3) is 3.13. The van der Waals surface area contributed by atoms with Crippen LogP contribution in [0.2, 0.25) is 0 Å². The summed E-state index contributed by atoms with van der Waals surface area (Å²) in [5, 5.41) is 0. The van der Waals surface area contributed by atoms with Gasteiger partial charge in [0.2, 0.25) is 0 Å². The Labute approximate surface area is 76.6 Å². The van der Waals surface area contributed by atoms with Crippen molar-refractivity contribution in [3.63, 3.8) is 0 Å². The van der Waals surface area contributed by atoms with Gasteiger partial charge in [-0.2, -0.15) is 0 Å². The monoisotopic (exact) mass is 183 g/mol. The van der Waals surface area contributed by atoms with Gasteiger partial charge in [0.1, 0.15) is 5.78 Å². The number of hydrogen-bond acceptors (Lipinski definition) is 3. The molecule has 66 valence electrons. The minimum Gasteiger partial charge on any atom is -0.300 e. The van der Waals surface area contributed by atoms with E-state index in [9.17, 15) is 4.79 Å². The number of aromatic nitrogens is 1. The molecular formula is C9H13NOS. The van der Waals surface area contributed by atoms with Crippen LogP contribution in [0.3, 0.4) is 0 Å². The van der Waals surface area contributed by atoms with Crippen LogP contribution >= 0.6 is 11.3 Å². The van der Waals surface area contributed by atoms with Crippen molar-refractivity contribution in [3.05, 3.63) is 16.6 Å². The number of hydrogen-bond donors (Lipinski definition) is 0. The third-order valence-electron chi connectivity index (χ3n) is 1.76. The van der Waals surface area contributed by atoms with Crippen LogP contribution in [0.25, 0.3) is 0 Å². The SMILES string of the molecule is CCC(=O)CCCc1cncs1. The molecule has 1 heterocycles. The van der Waals surface area contributed by atoms with Crippen molar-refractivity contribution in [3.8, 4) is 0 Å². The molecule has 3 heteroatoms. The molecule has 0 unspecified atom stereocenters. The Morgan fingerprint density at radius 2 is 2.50 bits per heavy atom. The summed E-state index contributed by atoms with van der Waals surface area (Å²) in [6.45, 7) is 1.91. The standard InChI is InChI=1S/C9H13NOS/c1-2-8(11)4-3-5-9-6-10-7-12-9/h6-7H,2-5H2,1H3. The van der Waals surface area contributed by atoms with Crippen molar-refractivity contribution in [2.75, 3.05) is 0 Å². The van der Waals surface area contributed by atoms with Gasteiger partial charge in [0.25, 0.3) is 0 Å². The average Bonchev–Trinajstić information content (AvgIpc) is 2.57. The lowest BCUT2D eigenvalue weighted by atomic mass is 10.1. The van der Waals surface area contributed by atoms with E-state index in [1.165, 1.54) is 4.88 Å². The number of nitrogens with zero attached hydrogens (tertiary/aromatic N) is 1. The van der Waals surface area contributed by atoms with Crippen molar-refractivity contribution in [2.45, 2.75) is 32.6 Å². The van der Waals surface area contributed by atoms with E-state index in [4.69, 9.17) is 0 Å². The van der Waals surface area contributed by atoms with E-state index in [-0.39, 0.29) is 0 Å². The first kappa shape index (κ1) is 9.39. The van der Waals surface area contributed by atoms with Gasteiger partial charge >= 0.3 is 0 Å². The van der Waals surface area contributed by atoms with E-state index >= 15 is 0 Å². The average molecular weight is 183 g/mol. The van der Waals surface area contributed by atoms with Gasteiger partial charge in [0.05, 0.1) is 5.51 Å². The van der Waals surface area contributed by atoms with Crippen LogP contribution in [0, 0.1) is 0 Å². The minimum absolute atomic E-state index is 0.361. The maximum absolute atomic E-state index is 10.9. The number of thiazole rings is 1. The fourth-order valence-corrected chi connectivity index (χ4v) is 1.64. The molecule has 0 aliphatic carbocycles. The van der Waals surface area contributed by atoms with Gasteiger partial charge < -0.3 is 0 Å². The fraction of sp³-hybridized carbons (Fsp3) is 0.556. The predicted molar refractivity (Wildman–Crippen MR) is 50.4 cm³/mol. The molecule has 12 heavy (non-hydrogen) atoms. The number of carbonyl (C=O) groups excluding carboxylic acids is 1. The molecule has 0 spiro atoms. The van der Waals surface area contributed by atoms with E-state index in [1.807, 2.05) is 18.6 Å². The number of rotatable bonds is 5. The second-order valence-corrected chi connectivity index (χ2v) is 3.68. The molecular weight excluding hydrogens is 170 g/mol. The van der Waals surface area contributed by atoms with Gasteiger partial charge in [-0.15, -0.1) is 11.3 Å². The van der Waals surface area contributed by atoms with Crippen LogP contribution in [0.4, 0.5) is 0 Å². The summed E-state index contributed by atoms with van der Waals surface area (Å²) < 4.78 is 0. The van der Waals surface area contributed by atoms with Gasteiger partial charge in [-0.05, 0) is 12.8 Å². The first-order valence-electron chi connectivity index (χ1n) is 4.22. The van der Waals surface area contributed by atoms with E-state index < -0.39 is 0 Å². The second-order valence-electron chi connectivity index (χ2n) is 2.71. The summed E-state index contributed by atoms with van der Waals surface area (Å²) in [6, 6.07) is 0. The lowest BCUT2D eigenvalue weighted by Gasteiger charge is -1.95. The first-order chi connectivity index (χ1) is 5.83. The quantitative estimate of drug-likeness (QED) is 0.701. The molecule has 0 N–H and O–H groups in total. The zero-order chi connectivity index (χ0) is 8.81. The molecule has 0 atom stereocenters. The Kier molecular flexibility index (Phi) is 3.94. The van der Waals surface area contributed by atoms with Crippen LogP contribution in [-0.2, 0) is 11.2 Å². The largest absolute Gasteiger partial charge is 0.300 e. The molecule has 0 aliphatic rings. The number of Topliss-reactive ketones (excluding diaryl/α,β-unsaturated/α-hetero) is 1. The van der Waals surface area contributed by atoms with E-state index in [0.29, 0.717) is 18.6 Å². The summed E-state index contributed by atoms with van der Waals surface area (Å²) in [5.41, 5.74) is 1.83. The lowest BCUT2D eigenvalue weighted by molar-refractivity contribution is -0.118. The molecule has 1 rings (SSSR count). The van der Waals surface area contributed by atoms with Crippen LogP contribution < -0.4 is 0 Å². The molecule has 0 bridgehead atoms. The van der Waals surface area contributed by atoms with Crippen LogP contribution in [0.5, 0.6) is 0 Å². The summed E-state index contributed by atoms with van der Waals surface area (Å²) >= 11 is 1.66. The summed E-state index contributed by atoms with van der Waals surface area (Å²) in [7, 11) is 0. The molecule has 0 radical (unpaired) electrons. The Morgan fingerprint density at radius 1 is 1.67 bits per heavy atom. The predicted octanol–water partition coefficient (Wildman–Crippen LogP) is 2.44. The van der Waals surface area contributed by atoms with Crippen LogP contribution in [-0.4, -0.2) is 10.8 Å². The number of carbonyl (C=O) groups is 1. The minimum atomic E-state index is 0.361. The van der Waals surface area contributed by atoms with Crippen molar-refractivity contribution < 1.29 is 4.79 Å². The maximum atomic E-state index is 10.9. The molecule has 0 aromatic carbocycles. The molecule has 1 aromatic heterocycles. The highest BCUT2D eigenvalue weighted by molar-refractivity contribution is 7.09. The van der Waals surface area contributed by atoms with E-state index in [0.717, 1.165) is 12.8 Å². The van der Waals surface area contributed by atoms with E-state index in [2.05, 4.69) is 4.98 Å². The Bertz CT molecular complexity index is 231. The molecule has 0 saturated heterocycles. The molecule has 0 amide bonds. The smallest absolute Gasteiger partial charge is 0.132 e. The van der Waals surface area contributed by atoms with Crippen LogP contribution in [0.1, 0.15) is 31.1 Å². The molecule has 0 fully saturated rings. The number of ketones is 1.